The van der Waals surface area contributed by atoms with Crippen molar-refractivity contribution in [1.29, 1.82) is 0 Å². The molecule has 88 valence electrons. The van der Waals surface area contributed by atoms with E-state index in [1.165, 1.54) is 0 Å². The van der Waals surface area contributed by atoms with Gasteiger partial charge in [0.05, 0.1) is 0 Å². The van der Waals surface area contributed by atoms with Crippen molar-refractivity contribution in [2.75, 3.05) is 5.43 Å². The molecule has 0 spiro atoms. The molecule has 0 aliphatic heterocycles. The van der Waals surface area contributed by atoms with E-state index in [-0.39, 0.29) is 0 Å². The number of hydrogen-bond donors (Lipinski definition) is 2. The Morgan fingerprint density at radius 1 is 1.24 bits per heavy atom. The fraction of sp³-hybridized carbons (Fsp3) is 0.0909. The van der Waals surface area contributed by atoms with Gasteiger partial charge in [-0.15, -0.1) is 0 Å². The molecule has 3 N–H and O–H groups in total. The van der Waals surface area contributed by atoms with Crippen LogP contribution < -0.4 is 11.3 Å². The second-order valence-corrected chi connectivity index (χ2v) is 5.38. The lowest BCUT2D eigenvalue weighted by Crippen LogP contribution is -2.11. The third kappa shape index (κ3) is 3.42. The summed E-state index contributed by atoms with van der Waals surface area (Å²) in [5, 5.41) is 0.868. The quantitative estimate of drug-likeness (QED) is 0.518. The van der Waals surface area contributed by atoms with Gasteiger partial charge in [0.25, 0.3) is 0 Å². The molecule has 4 nitrogen and oxygen atoms in total. The summed E-state index contributed by atoms with van der Waals surface area (Å²) in [6, 6.07) is 9.98. The van der Waals surface area contributed by atoms with Crippen LogP contribution in [-0.2, 0) is 0 Å². The predicted octanol–water partition coefficient (Wildman–Crippen LogP) is 2.98. The highest BCUT2D eigenvalue weighted by Crippen LogP contribution is 2.27. The number of nitrogens with zero attached hydrogens (tertiary/aromatic N) is 2. The molecule has 2 rings (SSSR count). The minimum atomic E-state index is 0.435. The van der Waals surface area contributed by atoms with Crippen molar-refractivity contribution in [3.05, 3.63) is 40.5 Å². The van der Waals surface area contributed by atoms with Gasteiger partial charge >= 0.3 is 0 Å². The lowest BCUT2D eigenvalue weighted by atomic mass is 10.4. The maximum atomic E-state index is 5.31. The van der Waals surface area contributed by atoms with E-state index in [0.717, 1.165) is 20.1 Å². The van der Waals surface area contributed by atoms with Gasteiger partial charge in [-0.05, 0) is 37.3 Å². The first kappa shape index (κ1) is 12.3. The average Bonchev–Trinajstić information content (AvgIpc) is 2.31. The number of hydrogen-bond acceptors (Lipinski definition) is 5. The number of nitrogen functional groups attached to an aromatic ring is 1. The van der Waals surface area contributed by atoms with Gasteiger partial charge in [-0.3, -0.25) is 5.43 Å². The van der Waals surface area contributed by atoms with Crippen molar-refractivity contribution in [1.82, 2.24) is 9.97 Å². The number of nitrogens with two attached hydrogens (primary N) is 1. The van der Waals surface area contributed by atoms with Gasteiger partial charge in [0.15, 0.2) is 0 Å². The Morgan fingerprint density at radius 3 is 2.59 bits per heavy atom. The standard InChI is InChI=1S/C11H11BrN4S/c1-7-6-10(15-11(14-7)16-13)17-9-4-2-8(12)3-5-9/h2-6H,13H2,1H3,(H,14,15,16). The number of anilines is 1. The summed E-state index contributed by atoms with van der Waals surface area (Å²) >= 11 is 4.98. The molecule has 2 aromatic rings. The van der Waals surface area contributed by atoms with E-state index >= 15 is 0 Å². The molecule has 0 atom stereocenters. The number of halogens is 1. The molecule has 0 bridgehead atoms. The molecule has 0 radical (unpaired) electrons. The van der Waals surface area contributed by atoms with Crippen molar-refractivity contribution >= 4 is 33.6 Å². The van der Waals surface area contributed by atoms with Crippen LogP contribution in [-0.4, -0.2) is 9.97 Å². The monoisotopic (exact) mass is 310 g/mol. The second kappa shape index (κ2) is 5.48. The zero-order chi connectivity index (χ0) is 12.3. The first-order chi connectivity index (χ1) is 8.17. The second-order valence-electron chi connectivity index (χ2n) is 3.37. The van der Waals surface area contributed by atoms with Crippen LogP contribution in [0.2, 0.25) is 0 Å². The molecule has 0 aliphatic carbocycles. The van der Waals surface area contributed by atoms with Crippen molar-refractivity contribution in [3.8, 4) is 0 Å². The Hall–Kier alpha value is -1.11. The lowest BCUT2D eigenvalue weighted by Gasteiger charge is -2.05. The topological polar surface area (TPSA) is 63.8 Å². The average molecular weight is 311 g/mol. The summed E-state index contributed by atoms with van der Waals surface area (Å²) in [7, 11) is 0. The Kier molecular flexibility index (Phi) is 3.98. The maximum Gasteiger partial charge on any atom is 0.238 e. The van der Waals surface area contributed by atoms with Crippen LogP contribution in [0.5, 0.6) is 0 Å². The molecule has 6 heteroatoms. The van der Waals surface area contributed by atoms with Crippen molar-refractivity contribution < 1.29 is 0 Å². The van der Waals surface area contributed by atoms with E-state index in [0.29, 0.717) is 5.95 Å². The van der Waals surface area contributed by atoms with Crippen LogP contribution in [0.15, 0.2) is 44.7 Å². The van der Waals surface area contributed by atoms with Crippen LogP contribution in [0.3, 0.4) is 0 Å². The number of aryl methyl sites for hydroxylation is 1. The molecular weight excluding hydrogens is 300 g/mol. The Balaban J connectivity index is 2.23. The van der Waals surface area contributed by atoms with E-state index in [1.807, 2.05) is 37.3 Å². The Morgan fingerprint density at radius 2 is 1.94 bits per heavy atom. The van der Waals surface area contributed by atoms with Gasteiger partial charge < -0.3 is 0 Å². The summed E-state index contributed by atoms with van der Waals surface area (Å²) < 4.78 is 1.06. The van der Waals surface area contributed by atoms with Gasteiger partial charge in [-0.25, -0.2) is 15.8 Å². The van der Waals surface area contributed by atoms with Crippen molar-refractivity contribution in [3.63, 3.8) is 0 Å². The van der Waals surface area contributed by atoms with E-state index < -0.39 is 0 Å². The Bertz CT molecular complexity index is 515. The van der Waals surface area contributed by atoms with Crippen LogP contribution in [0.4, 0.5) is 5.95 Å². The summed E-state index contributed by atoms with van der Waals surface area (Å²) in [5.41, 5.74) is 3.34. The first-order valence-corrected chi connectivity index (χ1v) is 6.54. The molecule has 0 amide bonds. The van der Waals surface area contributed by atoms with Gasteiger partial charge in [-0.1, -0.05) is 27.7 Å². The fourth-order valence-corrected chi connectivity index (χ4v) is 2.42. The highest BCUT2D eigenvalue weighted by Gasteiger charge is 2.03. The largest absolute Gasteiger partial charge is 0.292 e. The lowest BCUT2D eigenvalue weighted by molar-refractivity contribution is 0.994. The predicted molar refractivity (Wildman–Crippen MR) is 72.8 cm³/mol. The van der Waals surface area contributed by atoms with E-state index in [9.17, 15) is 0 Å². The summed E-state index contributed by atoms with van der Waals surface area (Å²) in [5.74, 6) is 5.75. The summed E-state index contributed by atoms with van der Waals surface area (Å²) in [6.07, 6.45) is 0. The van der Waals surface area contributed by atoms with E-state index in [2.05, 4.69) is 31.3 Å². The van der Waals surface area contributed by atoms with Gasteiger partial charge in [0, 0.05) is 15.1 Å². The molecule has 1 heterocycles. The highest BCUT2D eigenvalue weighted by atomic mass is 79.9. The maximum absolute atomic E-state index is 5.31. The molecule has 0 saturated heterocycles. The van der Waals surface area contributed by atoms with Crippen molar-refractivity contribution in [2.45, 2.75) is 16.8 Å². The molecule has 0 fully saturated rings. The van der Waals surface area contributed by atoms with Crippen molar-refractivity contribution in [2.24, 2.45) is 5.84 Å². The molecular formula is C11H11BrN4S. The smallest absolute Gasteiger partial charge is 0.238 e. The minimum absolute atomic E-state index is 0.435. The van der Waals surface area contributed by atoms with Gasteiger partial charge in [-0.2, -0.15) is 0 Å². The minimum Gasteiger partial charge on any atom is -0.292 e. The molecule has 0 unspecified atom stereocenters. The van der Waals surface area contributed by atoms with Gasteiger partial charge in [0.2, 0.25) is 5.95 Å². The molecule has 1 aromatic heterocycles. The number of hydrazine groups is 1. The molecule has 1 aromatic carbocycles. The summed E-state index contributed by atoms with van der Waals surface area (Å²) in [4.78, 5) is 9.53. The highest BCUT2D eigenvalue weighted by molar-refractivity contribution is 9.10. The van der Waals surface area contributed by atoms with Crippen LogP contribution in [0.25, 0.3) is 0 Å². The van der Waals surface area contributed by atoms with E-state index in [4.69, 9.17) is 5.84 Å². The Labute approximate surface area is 112 Å². The normalized spacial score (nSPS) is 10.3. The third-order valence-electron chi connectivity index (χ3n) is 2.00. The van der Waals surface area contributed by atoms with Crippen LogP contribution >= 0.6 is 27.7 Å². The molecule has 0 saturated carbocycles. The molecule has 17 heavy (non-hydrogen) atoms. The van der Waals surface area contributed by atoms with Crippen LogP contribution in [0, 0.1) is 6.92 Å². The van der Waals surface area contributed by atoms with E-state index in [1.54, 1.807) is 11.8 Å². The number of rotatable bonds is 3. The SMILES string of the molecule is Cc1cc(Sc2ccc(Br)cc2)nc(NN)n1. The first-order valence-electron chi connectivity index (χ1n) is 4.93. The number of benzene rings is 1. The third-order valence-corrected chi connectivity index (χ3v) is 3.45. The zero-order valence-electron chi connectivity index (χ0n) is 9.14. The fourth-order valence-electron chi connectivity index (χ4n) is 1.28. The van der Waals surface area contributed by atoms with Crippen LogP contribution in [0.1, 0.15) is 5.69 Å². The number of nitrogens with one attached hydrogen (secondary N) is 1. The number of aromatic nitrogens is 2. The van der Waals surface area contributed by atoms with Gasteiger partial charge in [0.1, 0.15) is 5.03 Å². The molecule has 0 aliphatic rings. The zero-order valence-corrected chi connectivity index (χ0v) is 11.5. The summed E-state index contributed by atoms with van der Waals surface area (Å²) in [6.45, 7) is 1.91.